The Balaban J connectivity index is 1.42. The van der Waals surface area contributed by atoms with Gasteiger partial charge < -0.3 is 5.32 Å². The minimum absolute atomic E-state index is 0.184. The quantitative estimate of drug-likeness (QED) is 0.711. The molecule has 1 N–H and O–H groups in total. The van der Waals surface area contributed by atoms with E-state index in [4.69, 9.17) is 4.98 Å². The van der Waals surface area contributed by atoms with E-state index in [1.54, 1.807) is 24.3 Å². The highest BCUT2D eigenvalue weighted by Crippen LogP contribution is 2.40. The van der Waals surface area contributed by atoms with Gasteiger partial charge in [-0.2, -0.15) is 0 Å². The summed E-state index contributed by atoms with van der Waals surface area (Å²) in [5.41, 5.74) is 3.68. The van der Waals surface area contributed by atoms with Crippen molar-refractivity contribution in [2.24, 2.45) is 0 Å². The van der Waals surface area contributed by atoms with E-state index in [1.165, 1.54) is 4.31 Å². The molecule has 1 aromatic heterocycles. The van der Waals surface area contributed by atoms with Crippen LogP contribution in [-0.4, -0.2) is 31.6 Å². The van der Waals surface area contributed by atoms with Crippen LogP contribution in [0.1, 0.15) is 41.2 Å². The van der Waals surface area contributed by atoms with Crippen LogP contribution < -0.4 is 9.62 Å². The lowest BCUT2D eigenvalue weighted by Gasteiger charge is -2.17. The molecule has 6 nitrogen and oxygen atoms in total. The zero-order valence-corrected chi connectivity index (χ0v) is 16.7. The van der Waals surface area contributed by atoms with Crippen LogP contribution in [0.2, 0.25) is 0 Å². The second kappa shape index (κ2) is 6.84. The highest BCUT2D eigenvalue weighted by atomic mass is 32.2. The topological polar surface area (TPSA) is 79.4 Å². The highest BCUT2D eigenvalue weighted by molar-refractivity contribution is 7.93. The van der Waals surface area contributed by atoms with Crippen LogP contribution in [0.15, 0.2) is 54.6 Å². The Morgan fingerprint density at radius 2 is 1.83 bits per heavy atom. The highest BCUT2D eigenvalue weighted by Gasteiger charge is 2.29. The molecule has 29 heavy (non-hydrogen) atoms. The average Bonchev–Trinajstić information content (AvgIpc) is 3.51. The van der Waals surface area contributed by atoms with Gasteiger partial charge in [0.1, 0.15) is 0 Å². The smallest absolute Gasteiger partial charge is 0.256 e. The zero-order valence-electron chi connectivity index (χ0n) is 15.8. The Morgan fingerprint density at radius 1 is 1.07 bits per heavy atom. The summed E-state index contributed by atoms with van der Waals surface area (Å²) in [6.07, 6.45) is 2.87. The predicted molar refractivity (Wildman–Crippen MR) is 114 cm³/mol. The molecule has 2 fully saturated rings. The number of sulfonamides is 1. The summed E-state index contributed by atoms with van der Waals surface area (Å²) >= 11 is 0. The maximum absolute atomic E-state index is 13.0. The molecule has 1 saturated carbocycles. The Kier molecular flexibility index (Phi) is 4.28. The molecule has 0 spiro atoms. The molecule has 1 amide bonds. The fourth-order valence-electron chi connectivity index (χ4n) is 3.81. The molecule has 5 rings (SSSR count). The van der Waals surface area contributed by atoms with Gasteiger partial charge in [-0.15, -0.1) is 0 Å². The van der Waals surface area contributed by atoms with E-state index in [9.17, 15) is 13.2 Å². The van der Waals surface area contributed by atoms with Gasteiger partial charge in [0, 0.05) is 29.2 Å². The van der Waals surface area contributed by atoms with Gasteiger partial charge in [-0.1, -0.05) is 18.2 Å². The molecule has 0 radical (unpaired) electrons. The number of amides is 1. The third kappa shape index (κ3) is 3.46. The van der Waals surface area contributed by atoms with Gasteiger partial charge in [0.15, 0.2) is 0 Å². The summed E-state index contributed by atoms with van der Waals surface area (Å²) in [5, 5.41) is 3.77. The summed E-state index contributed by atoms with van der Waals surface area (Å²) in [4.78, 5) is 17.7. The molecule has 0 atom stereocenters. The number of carbonyl (C=O) groups excluding carboxylic acids is 1. The van der Waals surface area contributed by atoms with Crippen LogP contribution in [0.3, 0.4) is 0 Å². The molecular formula is C22H21N3O3S. The minimum atomic E-state index is -3.21. The van der Waals surface area contributed by atoms with Crippen molar-refractivity contribution in [2.75, 3.05) is 21.9 Å². The zero-order chi connectivity index (χ0) is 20.0. The van der Waals surface area contributed by atoms with Crippen LogP contribution in [-0.2, 0) is 10.0 Å². The first-order chi connectivity index (χ1) is 14.0. The maximum Gasteiger partial charge on any atom is 0.256 e. The van der Waals surface area contributed by atoms with Crippen molar-refractivity contribution >= 4 is 38.2 Å². The summed E-state index contributed by atoms with van der Waals surface area (Å²) in [6.45, 7) is 0.501. The fourth-order valence-corrected chi connectivity index (χ4v) is 5.38. The Bertz CT molecular complexity index is 1200. The summed E-state index contributed by atoms with van der Waals surface area (Å²) < 4.78 is 25.6. The lowest BCUT2D eigenvalue weighted by molar-refractivity contribution is 0.102. The third-order valence-corrected chi connectivity index (χ3v) is 7.36. The first-order valence-electron chi connectivity index (χ1n) is 9.83. The van der Waals surface area contributed by atoms with Crippen molar-refractivity contribution in [3.8, 4) is 0 Å². The van der Waals surface area contributed by atoms with E-state index < -0.39 is 10.0 Å². The molecular weight excluding hydrogens is 386 g/mol. The van der Waals surface area contributed by atoms with Gasteiger partial charge in [0.2, 0.25) is 10.0 Å². The van der Waals surface area contributed by atoms with Crippen LogP contribution >= 0.6 is 0 Å². The van der Waals surface area contributed by atoms with Crippen molar-refractivity contribution in [2.45, 2.75) is 25.2 Å². The lowest BCUT2D eigenvalue weighted by atomic mass is 10.1. The van der Waals surface area contributed by atoms with Crippen molar-refractivity contribution in [1.29, 1.82) is 0 Å². The summed E-state index contributed by atoms with van der Waals surface area (Å²) in [7, 11) is -3.21. The Morgan fingerprint density at radius 3 is 2.52 bits per heavy atom. The number of para-hydroxylation sites is 1. The molecule has 1 saturated heterocycles. The second-order valence-electron chi connectivity index (χ2n) is 7.63. The number of pyridine rings is 1. The monoisotopic (exact) mass is 407 g/mol. The van der Waals surface area contributed by atoms with Gasteiger partial charge in [-0.05, 0) is 55.7 Å². The van der Waals surface area contributed by atoms with Crippen molar-refractivity contribution in [1.82, 2.24) is 4.98 Å². The Hall–Kier alpha value is -2.93. The van der Waals surface area contributed by atoms with Crippen LogP contribution in [0.4, 0.5) is 11.4 Å². The lowest BCUT2D eigenvalue weighted by Crippen LogP contribution is -2.25. The van der Waals surface area contributed by atoms with Crippen LogP contribution in [0.5, 0.6) is 0 Å². The molecule has 148 valence electrons. The number of fused-ring (bicyclic) bond motifs is 1. The first kappa shape index (κ1) is 18.1. The molecule has 1 aliphatic heterocycles. The number of hydrogen-bond donors (Lipinski definition) is 1. The number of rotatable bonds is 4. The van der Waals surface area contributed by atoms with Crippen molar-refractivity contribution in [3.63, 3.8) is 0 Å². The normalized spacial score (nSPS) is 18.1. The first-order valence-corrected chi connectivity index (χ1v) is 11.4. The van der Waals surface area contributed by atoms with E-state index in [2.05, 4.69) is 5.32 Å². The molecule has 0 bridgehead atoms. The second-order valence-corrected chi connectivity index (χ2v) is 9.64. The van der Waals surface area contributed by atoms with Gasteiger partial charge in [0.25, 0.3) is 5.91 Å². The van der Waals surface area contributed by atoms with E-state index in [1.807, 2.05) is 30.3 Å². The average molecular weight is 407 g/mol. The largest absolute Gasteiger partial charge is 0.322 e. The standard InChI is InChI=1S/C22H21N3O3S/c26-22(19-14-21(15-6-7-15)24-20-5-2-1-4-18(19)20)23-16-8-10-17(11-9-16)25-12-3-13-29(25,27)28/h1-2,4-5,8-11,14-15H,3,6-7,12-13H2,(H,23,26). The molecule has 2 aliphatic rings. The van der Waals surface area contributed by atoms with Crippen LogP contribution in [0.25, 0.3) is 10.9 Å². The van der Waals surface area contributed by atoms with E-state index in [-0.39, 0.29) is 11.7 Å². The molecule has 0 unspecified atom stereocenters. The number of nitrogens with zero attached hydrogens (tertiary/aromatic N) is 2. The SMILES string of the molecule is O=C(Nc1ccc(N2CCCS2(=O)=O)cc1)c1cc(C2CC2)nc2ccccc12. The third-order valence-electron chi connectivity index (χ3n) is 5.49. The molecule has 1 aliphatic carbocycles. The van der Waals surface area contributed by atoms with E-state index >= 15 is 0 Å². The van der Waals surface area contributed by atoms with Gasteiger partial charge in [-0.25, -0.2) is 8.42 Å². The number of nitrogens with one attached hydrogen (secondary N) is 1. The fraction of sp³-hybridized carbons (Fsp3) is 0.273. The van der Waals surface area contributed by atoms with Crippen LogP contribution in [0, 0.1) is 0 Å². The minimum Gasteiger partial charge on any atom is -0.322 e. The maximum atomic E-state index is 13.0. The van der Waals surface area contributed by atoms with Gasteiger partial charge >= 0.3 is 0 Å². The van der Waals surface area contributed by atoms with Gasteiger partial charge in [0.05, 0.1) is 22.5 Å². The number of hydrogen-bond acceptors (Lipinski definition) is 4. The van der Waals surface area contributed by atoms with Crippen molar-refractivity contribution in [3.05, 3.63) is 65.9 Å². The van der Waals surface area contributed by atoms with Crippen molar-refractivity contribution < 1.29 is 13.2 Å². The molecule has 3 aromatic rings. The number of aromatic nitrogens is 1. The molecule has 2 heterocycles. The number of carbonyl (C=O) groups is 1. The Labute approximate surface area is 169 Å². The summed E-state index contributed by atoms with van der Waals surface area (Å²) in [5.74, 6) is 0.448. The number of benzene rings is 2. The molecule has 2 aromatic carbocycles. The summed E-state index contributed by atoms with van der Waals surface area (Å²) in [6, 6.07) is 16.5. The molecule has 7 heteroatoms. The predicted octanol–water partition coefficient (Wildman–Crippen LogP) is 3.90. The number of anilines is 2. The van der Waals surface area contributed by atoms with E-state index in [0.717, 1.165) is 29.4 Å². The van der Waals surface area contributed by atoms with E-state index in [0.29, 0.717) is 35.8 Å². The van der Waals surface area contributed by atoms with Gasteiger partial charge in [-0.3, -0.25) is 14.1 Å².